The fourth-order valence-electron chi connectivity index (χ4n) is 3.33. The van der Waals surface area contributed by atoms with E-state index < -0.39 is 0 Å². The Morgan fingerprint density at radius 2 is 2.00 bits per heavy atom. The fourth-order valence-corrected chi connectivity index (χ4v) is 3.56. The van der Waals surface area contributed by atoms with Gasteiger partial charge < -0.3 is 24.4 Å². The molecule has 0 spiro atoms. The molecule has 1 aromatic rings. The van der Waals surface area contributed by atoms with Crippen LogP contribution in [0.5, 0.6) is 5.75 Å². The highest BCUT2D eigenvalue weighted by Gasteiger charge is 2.25. The number of benzene rings is 1. The lowest BCUT2D eigenvalue weighted by Crippen LogP contribution is -2.43. The lowest BCUT2D eigenvalue weighted by molar-refractivity contribution is -0.141. The Morgan fingerprint density at radius 1 is 1.28 bits per heavy atom. The van der Waals surface area contributed by atoms with Crippen molar-refractivity contribution in [2.75, 3.05) is 40.5 Å². The van der Waals surface area contributed by atoms with Crippen molar-refractivity contribution in [1.29, 1.82) is 0 Å². The average molecular weight is 427 g/mol. The van der Waals surface area contributed by atoms with Crippen molar-refractivity contribution in [3.8, 4) is 5.75 Å². The third-order valence-electron chi connectivity index (χ3n) is 5.17. The van der Waals surface area contributed by atoms with E-state index in [4.69, 9.17) is 25.8 Å². The van der Waals surface area contributed by atoms with Gasteiger partial charge in [0.25, 0.3) is 5.91 Å². The third-order valence-corrected chi connectivity index (χ3v) is 5.47. The van der Waals surface area contributed by atoms with E-state index in [2.05, 4.69) is 17.1 Å². The fraction of sp³-hybridized carbons (Fsp3) is 0.619. The van der Waals surface area contributed by atoms with Crippen LogP contribution in [0.2, 0.25) is 5.02 Å². The Bertz CT molecular complexity index is 677. The number of esters is 1. The molecule has 1 aliphatic rings. The highest BCUT2D eigenvalue weighted by molar-refractivity contribution is 6.32. The van der Waals surface area contributed by atoms with Crippen molar-refractivity contribution in [2.45, 2.75) is 44.8 Å². The van der Waals surface area contributed by atoms with E-state index in [1.165, 1.54) is 7.11 Å². The summed E-state index contributed by atoms with van der Waals surface area (Å²) in [5.74, 6) is 0.239. The molecule has 162 valence electrons. The number of piperidine rings is 1. The number of carbonyl (C=O) groups is 2. The van der Waals surface area contributed by atoms with Crippen LogP contribution >= 0.6 is 11.6 Å². The molecule has 1 amide bonds. The average Bonchev–Trinajstić information content (AvgIpc) is 2.73. The molecule has 0 radical (unpaired) electrons. The number of halogens is 1. The number of rotatable bonds is 10. The van der Waals surface area contributed by atoms with Gasteiger partial charge in [-0.15, -0.1) is 0 Å². The highest BCUT2D eigenvalue weighted by Crippen LogP contribution is 2.29. The second-order valence-electron chi connectivity index (χ2n) is 7.21. The van der Waals surface area contributed by atoms with Gasteiger partial charge in [-0.25, -0.2) is 0 Å². The van der Waals surface area contributed by atoms with E-state index in [1.807, 2.05) is 0 Å². The topological polar surface area (TPSA) is 77.1 Å². The summed E-state index contributed by atoms with van der Waals surface area (Å²) in [6.07, 6.45) is 3.08. The van der Waals surface area contributed by atoms with Crippen molar-refractivity contribution >= 4 is 23.5 Å². The van der Waals surface area contributed by atoms with Gasteiger partial charge in [0, 0.05) is 44.8 Å². The second kappa shape index (κ2) is 12.0. The summed E-state index contributed by atoms with van der Waals surface area (Å²) in [6, 6.07) is 5.42. The van der Waals surface area contributed by atoms with E-state index >= 15 is 0 Å². The standard InChI is InChI=1S/C21H31ClN2O5/c1-15(4-7-20(25)28-3)24-11-8-17(9-12-24)29-19-6-5-16(14-18(19)22)21(26)23-10-13-27-2/h5-6,14-15,17H,4,7-13H2,1-3H3,(H,23,26)/t15-/m0/s1. The van der Waals surface area contributed by atoms with Crippen LogP contribution in [0.3, 0.4) is 0 Å². The second-order valence-corrected chi connectivity index (χ2v) is 7.62. The molecule has 0 bridgehead atoms. The molecule has 1 heterocycles. The van der Waals surface area contributed by atoms with E-state index in [0.29, 0.717) is 41.9 Å². The van der Waals surface area contributed by atoms with Crippen LogP contribution in [0.15, 0.2) is 18.2 Å². The third kappa shape index (κ3) is 7.49. The Balaban J connectivity index is 1.81. The minimum absolute atomic E-state index is 0.0814. The van der Waals surface area contributed by atoms with Crippen LogP contribution in [0, 0.1) is 0 Å². The SMILES string of the molecule is COCCNC(=O)c1ccc(OC2CCN([C@@H](C)CCC(=O)OC)CC2)c(Cl)c1. The maximum atomic E-state index is 12.1. The van der Waals surface area contributed by atoms with Gasteiger partial charge in [0.1, 0.15) is 11.9 Å². The van der Waals surface area contributed by atoms with Crippen LogP contribution in [0.1, 0.15) is 43.0 Å². The molecule has 1 saturated heterocycles. The molecule has 2 rings (SSSR count). The number of ether oxygens (including phenoxy) is 3. The molecule has 1 aliphatic heterocycles. The van der Waals surface area contributed by atoms with Gasteiger partial charge in [0.05, 0.1) is 18.7 Å². The summed E-state index contributed by atoms with van der Waals surface area (Å²) in [6.45, 7) is 4.86. The van der Waals surface area contributed by atoms with Crippen LogP contribution in [-0.2, 0) is 14.3 Å². The van der Waals surface area contributed by atoms with E-state index in [-0.39, 0.29) is 18.0 Å². The predicted octanol–water partition coefficient (Wildman–Crippen LogP) is 2.90. The zero-order valence-corrected chi connectivity index (χ0v) is 18.2. The van der Waals surface area contributed by atoms with Crippen molar-refractivity contribution in [3.05, 3.63) is 28.8 Å². The highest BCUT2D eigenvalue weighted by atomic mass is 35.5. The molecule has 7 nitrogen and oxygen atoms in total. The molecule has 29 heavy (non-hydrogen) atoms. The zero-order valence-electron chi connectivity index (χ0n) is 17.4. The first-order chi connectivity index (χ1) is 13.9. The molecule has 1 atom stereocenters. The van der Waals surface area contributed by atoms with Gasteiger partial charge in [-0.3, -0.25) is 9.59 Å². The van der Waals surface area contributed by atoms with Crippen molar-refractivity contribution in [1.82, 2.24) is 10.2 Å². The lowest BCUT2D eigenvalue weighted by Gasteiger charge is -2.36. The van der Waals surface area contributed by atoms with Crippen molar-refractivity contribution in [2.24, 2.45) is 0 Å². The summed E-state index contributed by atoms with van der Waals surface area (Å²) in [4.78, 5) is 25.8. The predicted molar refractivity (Wildman–Crippen MR) is 112 cm³/mol. The molecule has 8 heteroatoms. The van der Waals surface area contributed by atoms with Crippen LogP contribution in [0.25, 0.3) is 0 Å². The molecule has 0 unspecified atom stereocenters. The first-order valence-electron chi connectivity index (χ1n) is 9.98. The summed E-state index contributed by atoms with van der Waals surface area (Å²) in [7, 11) is 3.00. The molecular weight excluding hydrogens is 396 g/mol. The van der Waals surface area contributed by atoms with Gasteiger partial charge in [-0.05, 0) is 44.4 Å². The first-order valence-corrected chi connectivity index (χ1v) is 10.4. The van der Waals surface area contributed by atoms with Gasteiger partial charge in [0.15, 0.2) is 0 Å². The van der Waals surface area contributed by atoms with Crippen molar-refractivity contribution in [3.63, 3.8) is 0 Å². The molecule has 1 N–H and O–H groups in total. The largest absolute Gasteiger partial charge is 0.489 e. The summed E-state index contributed by atoms with van der Waals surface area (Å²) in [5, 5.41) is 3.20. The molecule has 0 aromatic heterocycles. The number of amides is 1. The summed E-state index contributed by atoms with van der Waals surface area (Å²) in [5.41, 5.74) is 0.493. The Morgan fingerprint density at radius 3 is 2.62 bits per heavy atom. The molecule has 0 aliphatic carbocycles. The number of carbonyl (C=O) groups excluding carboxylic acids is 2. The number of nitrogens with one attached hydrogen (secondary N) is 1. The first kappa shape index (κ1) is 23.4. The smallest absolute Gasteiger partial charge is 0.305 e. The Labute approximate surface area is 177 Å². The molecule has 0 saturated carbocycles. The number of methoxy groups -OCH3 is 2. The number of nitrogens with zero attached hydrogens (tertiary/aromatic N) is 1. The quantitative estimate of drug-likeness (QED) is 0.458. The number of hydrogen-bond donors (Lipinski definition) is 1. The Hall–Kier alpha value is -1.83. The minimum atomic E-state index is -0.190. The van der Waals surface area contributed by atoms with E-state index in [1.54, 1.807) is 25.3 Å². The minimum Gasteiger partial charge on any atom is -0.489 e. The molecule has 1 fully saturated rings. The van der Waals surface area contributed by atoms with Gasteiger partial charge >= 0.3 is 5.97 Å². The maximum absolute atomic E-state index is 12.1. The van der Waals surface area contributed by atoms with Gasteiger partial charge in [-0.1, -0.05) is 11.6 Å². The monoisotopic (exact) mass is 426 g/mol. The zero-order chi connectivity index (χ0) is 21.2. The Kier molecular flexibility index (Phi) is 9.70. The van der Waals surface area contributed by atoms with Gasteiger partial charge in [0.2, 0.25) is 0 Å². The van der Waals surface area contributed by atoms with Gasteiger partial charge in [-0.2, -0.15) is 0 Å². The number of likely N-dealkylation sites (tertiary alicyclic amines) is 1. The van der Waals surface area contributed by atoms with Crippen LogP contribution in [-0.4, -0.2) is 69.4 Å². The molecular formula is C21H31ClN2O5. The van der Waals surface area contributed by atoms with Crippen LogP contribution < -0.4 is 10.1 Å². The van der Waals surface area contributed by atoms with E-state index in [9.17, 15) is 9.59 Å². The van der Waals surface area contributed by atoms with Crippen molar-refractivity contribution < 1.29 is 23.8 Å². The maximum Gasteiger partial charge on any atom is 0.305 e. The summed E-state index contributed by atoms with van der Waals surface area (Å²) < 4.78 is 15.7. The summed E-state index contributed by atoms with van der Waals surface area (Å²) >= 11 is 6.33. The van der Waals surface area contributed by atoms with Crippen LogP contribution in [0.4, 0.5) is 0 Å². The number of hydrogen-bond acceptors (Lipinski definition) is 6. The lowest BCUT2D eigenvalue weighted by atomic mass is 10.0. The normalized spacial score (nSPS) is 16.3. The van der Waals surface area contributed by atoms with E-state index in [0.717, 1.165) is 32.4 Å². The molecule has 1 aromatic carbocycles.